The van der Waals surface area contributed by atoms with E-state index in [1.54, 1.807) is 13.8 Å². The largest absolute Gasteiger partial charge is 0.481 e. The van der Waals surface area contributed by atoms with E-state index in [1.807, 2.05) is 5.48 Å². The highest BCUT2D eigenvalue weighted by molar-refractivity contribution is 5.90. The van der Waals surface area contributed by atoms with Crippen molar-refractivity contribution in [3.63, 3.8) is 0 Å². The van der Waals surface area contributed by atoms with Gasteiger partial charge in [-0.15, -0.1) is 5.48 Å². The molecule has 0 aliphatic heterocycles. The summed E-state index contributed by atoms with van der Waals surface area (Å²) in [5.74, 6) is -4.94. The van der Waals surface area contributed by atoms with Gasteiger partial charge in [0.05, 0.1) is 0 Å². The second-order valence-corrected chi connectivity index (χ2v) is 6.01. The van der Waals surface area contributed by atoms with Gasteiger partial charge in [-0.1, -0.05) is 13.8 Å². The van der Waals surface area contributed by atoms with Crippen LogP contribution in [-0.2, 0) is 28.8 Å². The third-order valence-corrected chi connectivity index (χ3v) is 3.28. The first kappa shape index (κ1) is 23.3. The minimum Gasteiger partial charge on any atom is -0.481 e. The van der Waals surface area contributed by atoms with Gasteiger partial charge in [0.1, 0.15) is 18.1 Å². The Hall–Kier alpha value is -2.69. The topological polar surface area (TPSA) is 171 Å². The molecule has 0 aromatic heterocycles. The van der Waals surface area contributed by atoms with E-state index in [1.165, 1.54) is 13.8 Å². The van der Waals surface area contributed by atoms with Gasteiger partial charge in [-0.05, 0) is 19.3 Å². The molecule has 5 N–H and O–H groups in total. The number of hydrogen-bond donors (Lipinski definition) is 5. The molecule has 0 fully saturated rings. The van der Waals surface area contributed by atoms with E-state index in [-0.39, 0.29) is 12.3 Å². The summed E-state index contributed by atoms with van der Waals surface area (Å²) < 4.78 is 0. The number of carboxylic acids is 2. The Bertz CT molecular complexity index is 549. The Morgan fingerprint density at radius 1 is 1.00 bits per heavy atom. The van der Waals surface area contributed by atoms with Crippen LogP contribution in [0.25, 0.3) is 0 Å². The smallest absolute Gasteiger partial charge is 0.347 e. The number of carboxylic acid groups (broad SMARTS) is 2. The molecule has 0 aromatic carbocycles. The highest BCUT2D eigenvalue weighted by Crippen LogP contribution is 2.05. The predicted octanol–water partition coefficient (Wildman–Crippen LogP) is -0.982. The number of rotatable bonds is 11. The van der Waals surface area contributed by atoms with E-state index in [9.17, 15) is 24.0 Å². The number of hydroxylamine groups is 1. The molecule has 0 spiro atoms. The van der Waals surface area contributed by atoms with Crippen molar-refractivity contribution in [1.82, 2.24) is 16.1 Å². The van der Waals surface area contributed by atoms with E-state index >= 15 is 0 Å². The maximum absolute atomic E-state index is 12.1. The maximum Gasteiger partial charge on any atom is 0.347 e. The zero-order valence-electron chi connectivity index (χ0n) is 15.1. The number of nitrogens with one attached hydrogen (secondary N) is 3. The standard InChI is InChI=1S/C15H25N3O8/c1-7(2)12(17-13(22)8(3)16-9(4)19)15(25)26-18-10(14(23)24)5-6-11(20)21/h7-8,10,12,18H,5-6H2,1-4H3,(H,16,19)(H,17,22)(H,20,21)(H,23,24)/t8-,10-,12-/m0/s1. The molecule has 0 heterocycles. The van der Waals surface area contributed by atoms with Crippen LogP contribution in [-0.4, -0.2) is 58.1 Å². The lowest BCUT2D eigenvalue weighted by Crippen LogP contribution is -2.53. The zero-order chi connectivity index (χ0) is 20.4. The van der Waals surface area contributed by atoms with Gasteiger partial charge in [-0.3, -0.25) is 19.2 Å². The second kappa shape index (κ2) is 11.0. The van der Waals surface area contributed by atoms with Crippen LogP contribution >= 0.6 is 0 Å². The minimum atomic E-state index is -1.41. The van der Waals surface area contributed by atoms with Crippen LogP contribution in [0.5, 0.6) is 0 Å². The summed E-state index contributed by atoms with van der Waals surface area (Å²) in [6.45, 7) is 5.94. The van der Waals surface area contributed by atoms with E-state index in [0.29, 0.717) is 0 Å². The Morgan fingerprint density at radius 3 is 2.00 bits per heavy atom. The molecule has 148 valence electrons. The van der Waals surface area contributed by atoms with Crippen molar-refractivity contribution in [3.8, 4) is 0 Å². The summed E-state index contributed by atoms with van der Waals surface area (Å²) in [6, 6.07) is -3.38. The van der Waals surface area contributed by atoms with E-state index < -0.39 is 54.3 Å². The van der Waals surface area contributed by atoms with Crippen molar-refractivity contribution >= 4 is 29.7 Å². The average Bonchev–Trinajstić information content (AvgIpc) is 2.50. The molecule has 0 aromatic rings. The molecule has 0 rings (SSSR count). The summed E-state index contributed by atoms with van der Waals surface area (Å²) in [5, 5.41) is 22.4. The number of hydrogen-bond acceptors (Lipinski definition) is 7. The third-order valence-electron chi connectivity index (χ3n) is 3.28. The molecule has 0 radical (unpaired) electrons. The molecule has 0 bridgehead atoms. The summed E-state index contributed by atoms with van der Waals surface area (Å²) in [5.41, 5.74) is 2.01. The molecule has 26 heavy (non-hydrogen) atoms. The van der Waals surface area contributed by atoms with Gasteiger partial charge < -0.3 is 25.7 Å². The SMILES string of the molecule is CC(=O)N[C@@H](C)C(=O)N[C@H](C(=O)ON[C@@H](CCC(=O)O)C(=O)O)C(C)C. The van der Waals surface area contributed by atoms with Crippen LogP contribution in [0.3, 0.4) is 0 Å². The van der Waals surface area contributed by atoms with Crippen molar-refractivity contribution in [2.45, 2.75) is 58.7 Å². The Labute approximate surface area is 150 Å². The molecule has 0 saturated heterocycles. The Kier molecular flexibility index (Phi) is 9.89. The van der Waals surface area contributed by atoms with Crippen LogP contribution < -0.4 is 16.1 Å². The van der Waals surface area contributed by atoms with Crippen molar-refractivity contribution in [2.75, 3.05) is 0 Å². The zero-order valence-corrected chi connectivity index (χ0v) is 15.1. The first-order valence-corrected chi connectivity index (χ1v) is 7.94. The van der Waals surface area contributed by atoms with Gasteiger partial charge in [-0.25, -0.2) is 4.79 Å². The maximum atomic E-state index is 12.1. The van der Waals surface area contributed by atoms with Gasteiger partial charge >= 0.3 is 17.9 Å². The molecule has 0 unspecified atom stereocenters. The number of carbonyl (C=O) groups is 5. The van der Waals surface area contributed by atoms with Crippen LogP contribution in [0.15, 0.2) is 0 Å². The number of aliphatic carboxylic acids is 2. The molecule has 0 aliphatic carbocycles. The first-order valence-electron chi connectivity index (χ1n) is 7.94. The lowest BCUT2D eigenvalue weighted by Gasteiger charge is -2.23. The van der Waals surface area contributed by atoms with Crippen LogP contribution in [0.1, 0.15) is 40.5 Å². The van der Waals surface area contributed by atoms with Crippen molar-refractivity contribution in [3.05, 3.63) is 0 Å². The average molecular weight is 375 g/mol. The monoisotopic (exact) mass is 375 g/mol. The molecule has 2 amide bonds. The molecule has 3 atom stereocenters. The second-order valence-electron chi connectivity index (χ2n) is 6.01. The van der Waals surface area contributed by atoms with Crippen molar-refractivity contribution < 1.29 is 39.0 Å². The summed E-state index contributed by atoms with van der Waals surface area (Å²) in [4.78, 5) is 61.4. The highest BCUT2D eigenvalue weighted by Gasteiger charge is 2.29. The van der Waals surface area contributed by atoms with Gasteiger partial charge in [0.15, 0.2) is 0 Å². The van der Waals surface area contributed by atoms with E-state index in [4.69, 9.17) is 15.1 Å². The fourth-order valence-electron chi connectivity index (χ4n) is 1.84. The van der Waals surface area contributed by atoms with Gasteiger partial charge in [0, 0.05) is 13.3 Å². The summed E-state index contributed by atoms with van der Waals surface area (Å²) >= 11 is 0. The Morgan fingerprint density at radius 2 is 1.58 bits per heavy atom. The Balaban J connectivity index is 4.81. The third kappa shape index (κ3) is 8.97. The molecule has 11 nitrogen and oxygen atoms in total. The van der Waals surface area contributed by atoms with Crippen LogP contribution in [0.4, 0.5) is 0 Å². The molecular formula is C15H25N3O8. The van der Waals surface area contributed by atoms with Gasteiger partial charge in [0.2, 0.25) is 11.8 Å². The molecule has 0 saturated carbocycles. The van der Waals surface area contributed by atoms with Gasteiger partial charge in [-0.2, -0.15) is 0 Å². The fourth-order valence-corrected chi connectivity index (χ4v) is 1.84. The lowest BCUT2D eigenvalue weighted by atomic mass is 10.0. The summed E-state index contributed by atoms with van der Waals surface area (Å²) in [7, 11) is 0. The van der Waals surface area contributed by atoms with Gasteiger partial charge in [0.25, 0.3) is 0 Å². The number of amides is 2. The van der Waals surface area contributed by atoms with Crippen molar-refractivity contribution in [2.24, 2.45) is 5.92 Å². The molecule has 11 heteroatoms. The molecule has 0 aliphatic rings. The van der Waals surface area contributed by atoms with Crippen LogP contribution in [0, 0.1) is 5.92 Å². The first-order chi connectivity index (χ1) is 12.0. The normalized spacial score (nSPS) is 14.0. The fraction of sp³-hybridized carbons (Fsp3) is 0.667. The predicted molar refractivity (Wildman–Crippen MR) is 87.6 cm³/mol. The highest BCUT2D eigenvalue weighted by atomic mass is 16.7. The van der Waals surface area contributed by atoms with E-state index in [2.05, 4.69) is 10.6 Å². The molecular weight excluding hydrogens is 350 g/mol. The lowest BCUT2D eigenvalue weighted by molar-refractivity contribution is -0.162. The van der Waals surface area contributed by atoms with E-state index in [0.717, 1.165) is 0 Å². The number of carbonyl (C=O) groups excluding carboxylic acids is 3. The van der Waals surface area contributed by atoms with Crippen molar-refractivity contribution in [1.29, 1.82) is 0 Å². The van der Waals surface area contributed by atoms with Crippen LogP contribution in [0.2, 0.25) is 0 Å². The minimum absolute atomic E-state index is 0.295. The quantitative estimate of drug-likeness (QED) is 0.285. The summed E-state index contributed by atoms with van der Waals surface area (Å²) in [6.07, 6.45) is -0.726.